The predicted octanol–water partition coefficient (Wildman–Crippen LogP) is 4.17. The Labute approximate surface area is 185 Å². The molecule has 2 bridgehead atoms. The van der Waals surface area contributed by atoms with E-state index in [2.05, 4.69) is 10.00 Å². The van der Waals surface area contributed by atoms with E-state index in [-0.39, 0.29) is 5.97 Å². The van der Waals surface area contributed by atoms with Crippen LogP contribution in [0.15, 0.2) is 35.8 Å². The number of ether oxygens (including phenoxy) is 2. The number of esters is 1. The molecule has 2 fully saturated rings. The molecule has 5 rings (SSSR count). The molecule has 31 heavy (non-hydrogen) atoms. The first-order chi connectivity index (χ1) is 15.2. The molecule has 1 aliphatic carbocycles. The molecule has 0 spiro atoms. The summed E-state index contributed by atoms with van der Waals surface area (Å²) in [5, 5.41) is 7.31. The van der Waals surface area contributed by atoms with E-state index in [4.69, 9.17) is 14.5 Å². The second-order valence-electron chi connectivity index (χ2n) is 8.14. The van der Waals surface area contributed by atoms with Crippen molar-refractivity contribution in [2.45, 2.75) is 38.8 Å². The van der Waals surface area contributed by atoms with Crippen LogP contribution in [0.1, 0.15) is 42.2 Å². The van der Waals surface area contributed by atoms with Gasteiger partial charge in [0.2, 0.25) is 5.13 Å². The summed E-state index contributed by atoms with van der Waals surface area (Å²) in [7, 11) is 1.66. The summed E-state index contributed by atoms with van der Waals surface area (Å²) in [4.78, 5) is 19.9. The van der Waals surface area contributed by atoms with Crippen LogP contribution in [0.25, 0.3) is 16.4 Å². The van der Waals surface area contributed by atoms with Crippen molar-refractivity contribution in [2.24, 2.45) is 5.92 Å². The fraction of sp³-hybridized carbons (Fsp3) is 0.435. The summed E-state index contributed by atoms with van der Waals surface area (Å²) in [6.45, 7) is 3.94. The third-order valence-electron chi connectivity index (χ3n) is 6.30. The summed E-state index contributed by atoms with van der Waals surface area (Å²) in [6, 6.07) is 8.44. The molecule has 1 aromatic carbocycles. The fourth-order valence-electron chi connectivity index (χ4n) is 4.74. The minimum absolute atomic E-state index is 0.319. The largest absolute Gasteiger partial charge is 0.497 e. The summed E-state index contributed by atoms with van der Waals surface area (Å²) >= 11 is 1.52. The second kappa shape index (κ2) is 8.43. The number of thiazole rings is 1. The number of nitrogens with zero attached hydrogens (tertiary/aromatic N) is 4. The number of hydrogen-bond acceptors (Lipinski definition) is 7. The average molecular weight is 439 g/mol. The zero-order valence-electron chi connectivity index (χ0n) is 17.8. The standard InChI is InChI=1S/C23H26N4O3S/c1-3-30-22(28)19-11-24-27(21(19)13-26-12-15-4-7-17(26)10-15)23-25-20(14-31-23)16-5-8-18(29-2)9-6-16/h5-6,8-9,11,14-15,17H,3-4,7,10,12-13H2,1-2H3/t15-,17-/m0/s1. The summed E-state index contributed by atoms with van der Waals surface area (Å²) in [5.41, 5.74) is 3.29. The van der Waals surface area contributed by atoms with Crippen LogP contribution in [-0.2, 0) is 11.3 Å². The molecule has 3 aromatic rings. The van der Waals surface area contributed by atoms with Gasteiger partial charge in [-0.25, -0.2) is 14.5 Å². The average Bonchev–Trinajstić information content (AvgIpc) is 3.58. The predicted molar refractivity (Wildman–Crippen MR) is 119 cm³/mol. The third-order valence-corrected chi connectivity index (χ3v) is 7.11. The minimum Gasteiger partial charge on any atom is -0.497 e. The number of methoxy groups -OCH3 is 1. The van der Waals surface area contributed by atoms with Gasteiger partial charge in [0.15, 0.2) is 0 Å². The number of rotatable bonds is 7. The molecule has 0 N–H and O–H groups in total. The van der Waals surface area contributed by atoms with Gasteiger partial charge in [-0.05, 0) is 56.4 Å². The van der Waals surface area contributed by atoms with Crippen molar-refractivity contribution < 1.29 is 14.3 Å². The minimum atomic E-state index is -0.319. The summed E-state index contributed by atoms with van der Waals surface area (Å²) in [6.07, 6.45) is 5.45. The summed E-state index contributed by atoms with van der Waals surface area (Å²) < 4.78 is 12.4. The van der Waals surface area contributed by atoms with E-state index in [0.717, 1.165) is 40.3 Å². The van der Waals surface area contributed by atoms with E-state index in [0.29, 0.717) is 24.8 Å². The van der Waals surface area contributed by atoms with Gasteiger partial charge >= 0.3 is 5.97 Å². The van der Waals surface area contributed by atoms with Crippen LogP contribution in [0, 0.1) is 5.92 Å². The fourth-order valence-corrected chi connectivity index (χ4v) is 5.55. The quantitative estimate of drug-likeness (QED) is 0.516. The Balaban J connectivity index is 1.47. The SMILES string of the molecule is CCOC(=O)c1cnn(-c2nc(-c3ccc(OC)cc3)cs2)c1CN1C[C@H]2CC[C@H]1C2. The Morgan fingerprint density at radius 1 is 1.26 bits per heavy atom. The van der Waals surface area contributed by atoms with Crippen LogP contribution in [-0.4, -0.2) is 51.9 Å². The van der Waals surface area contributed by atoms with Crippen LogP contribution >= 0.6 is 11.3 Å². The van der Waals surface area contributed by atoms with E-state index < -0.39 is 0 Å². The lowest BCUT2D eigenvalue weighted by atomic mass is 10.1. The van der Waals surface area contributed by atoms with Crippen molar-refractivity contribution in [1.29, 1.82) is 0 Å². The van der Waals surface area contributed by atoms with Crippen molar-refractivity contribution >= 4 is 17.3 Å². The number of likely N-dealkylation sites (tertiary alicyclic amines) is 1. The van der Waals surface area contributed by atoms with Crippen molar-refractivity contribution in [1.82, 2.24) is 19.7 Å². The molecule has 162 valence electrons. The number of carbonyl (C=O) groups excluding carboxylic acids is 1. The highest BCUT2D eigenvalue weighted by atomic mass is 32.1. The molecule has 2 aliphatic rings. The van der Waals surface area contributed by atoms with E-state index >= 15 is 0 Å². The molecule has 8 heteroatoms. The molecule has 7 nitrogen and oxygen atoms in total. The molecular formula is C23H26N4O3S. The number of carbonyl (C=O) groups is 1. The Bertz CT molecular complexity index is 1070. The van der Waals surface area contributed by atoms with Gasteiger partial charge < -0.3 is 9.47 Å². The lowest BCUT2D eigenvalue weighted by Crippen LogP contribution is -2.33. The topological polar surface area (TPSA) is 69.5 Å². The maximum atomic E-state index is 12.6. The smallest absolute Gasteiger partial charge is 0.341 e. The Morgan fingerprint density at radius 3 is 2.77 bits per heavy atom. The highest BCUT2D eigenvalue weighted by Crippen LogP contribution is 2.38. The van der Waals surface area contributed by atoms with Crippen LogP contribution < -0.4 is 4.74 Å². The van der Waals surface area contributed by atoms with Gasteiger partial charge in [-0.3, -0.25) is 4.90 Å². The first-order valence-corrected chi connectivity index (χ1v) is 11.6. The zero-order chi connectivity index (χ0) is 21.4. The molecule has 0 radical (unpaired) electrons. The van der Waals surface area contributed by atoms with Gasteiger partial charge in [-0.2, -0.15) is 5.10 Å². The molecule has 0 unspecified atom stereocenters. The van der Waals surface area contributed by atoms with Crippen LogP contribution in [0.2, 0.25) is 0 Å². The molecule has 1 aliphatic heterocycles. The maximum Gasteiger partial charge on any atom is 0.341 e. The van der Waals surface area contributed by atoms with Gasteiger partial charge in [0, 0.05) is 30.1 Å². The first-order valence-electron chi connectivity index (χ1n) is 10.7. The molecule has 1 saturated carbocycles. The molecule has 3 heterocycles. The highest BCUT2D eigenvalue weighted by molar-refractivity contribution is 7.12. The van der Waals surface area contributed by atoms with E-state index in [1.165, 1.54) is 30.6 Å². The molecule has 0 amide bonds. The Kier molecular flexibility index (Phi) is 5.50. The number of hydrogen-bond donors (Lipinski definition) is 0. The van der Waals surface area contributed by atoms with E-state index in [1.807, 2.05) is 41.3 Å². The van der Waals surface area contributed by atoms with Crippen LogP contribution in [0.5, 0.6) is 5.75 Å². The van der Waals surface area contributed by atoms with Gasteiger partial charge in [-0.1, -0.05) is 0 Å². The Morgan fingerprint density at radius 2 is 2.10 bits per heavy atom. The Hall–Kier alpha value is -2.71. The molecule has 2 atom stereocenters. The van der Waals surface area contributed by atoms with Crippen molar-refractivity contribution in [3.05, 3.63) is 47.1 Å². The molecular weight excluding hydrogens is 412 g/mol. The molecule has 2 aromatic heterocycles. The normalized spacial score (nSPS) is 20.3. The third kappa shape index (κ3) is 3.85. The lowest BCUT2D eigenvalue weighted by molar-refractivity contribution is 0.0523. The second-order valence-corrected chi connectivity index (χ2v) is 8.98. The van der Waals surface area contributed by atoms with Crippen LogP contribution in [0.4, 0.5) is 0 Å². The zero-order valence-corrected chi connectivity index (χ0v) is 18.6. The monoisotopic (exact) mass is 438 g/mol. The molecule has 1 saturated heterocycles. The van der Waals surface area contributed by atoms with Crippen molar-refractivity contribution in [2.75, 3.05) is 20.3 Å². The number of piperidine rings is 1. The van der Waals surface area contributed by atoms with Crippen molar-refractivity contribution in [3.8, 4) is 22.1 Å². The first kappa shape index (κ1) is 20.2. The summed E-state index contributed by atoms with van der Waals surface area (Å²) in [5.74, 6) is 1.28. The number of fused-ring (bicyclic) bond motifs is 2. The number of benzene rings is 1. The van der Waals surface area contributed by atoms with Gasteiger partial charge in [0.05, 0.1) is 31.3 Å². The highest BCUT2D eigenvalue weighted by Gasteiger charge is 2.38. The maximum absolute atomic E-state index is 12.6. The van der Waals surface area contributed by atoms with E-state index in [1.54, 1.807) is 13.3 Å². The van der Waals surface area contributed by atoms with Gasteiger partial charge in [0.25, 0.3) is 0 Å². The van der Waals surface area contributed by atoms with Gasteiger partial charge in [-0.15, -0.1) is 11.3 Å². The lowest BCUT2D eigenvalue weighted by Gasteiger charge is -2.27. The van der Waals surface area contributed by atoms with Crippen LogP contribution in [0.3, 0.4) is 0 Å². The van der Waals surface area contributed by atoms with E-state index in [9.17, 15) is 4.79 Å². The van der Waals surface area contributed by atoms with Crippen molar-refractivity contribution in [3.63, 3.8) is 0 Å². The number of aromatic nitrogens is 3. The van der Waals surface area contributed by atoms with Gasteiger partial charge in [0.1, 0.15) is 11.3 Å².